The third-order valence-corrected chi connectivity index (χ3v) is 2.94. The highest BCUT2D eigenvalue weighted by Gasteiger charge is 2.12. The summed E-state index contributed by atoms with van der Waals surface area (Å²) in [5.41, 5.74) is 0. The van der Waals surface area contributed by atoms with Crippen molar-refractivity contribution in [1.29, 1.82) is 0 Å². The van der Waals surface area contributed by atoms with Gasteiger partial charge in [0.2, 0.25) is 0 Å². The summed E-state index contributed by atoms with van der Waals surface area (Å²) in [6.45, 7) is 0. The highest BCUT2D eigenvalue weighted by molar-refractivity contribution is 7.86. The van der Waals surface area contributed by atoms with E-state index in [9.17, 15) is 8.42 Å². The maximum Gasteiger partial charge on any atom is 0.394 e. The van der Waals surface area contributed by atoms with Crippen molar-refractivity contribution in [2.45, 2.75) is 4.90 Å². The van der Waals surface area contributed by atoms with Gasteiger partial charge in [0.15, 0.2) is 0 Å². The lowest BCUT2D eigenvalue weighted by Gasteiger charge is -2.02. The minimum atomic E-state index is -4.67. The number of hydrogen-bond acceptors (Lipinski definition) is 5. The second-order valence-corrected chi connectivity index (χ2v) is 5.69. The summed E-state index contributed by atoms with van der Waals surface area (Å²) in [5, 5.41) is 1.33. The first-order chi connectivity index (χ1) is 8.59. The average Bonchev–Trinajstić information content (AvgIpc) is 2.25. The fraction of sp³-hybridized carbons (Fsp3) is 0. The van der Waals surface area contributed by atoms with E-state index in [0.29, 0.717) is 5.39 Å². The molecule has 0 bridgehead atoms. The van der Waals surface area contributed by atoms with Crippen LogP contribution in [0.3, 0.4) is 0 Å². The monoisotopic (exact) mass is 323 g/mol. The summed E-state index contributed by atoms with van der Waals surface area (Å²) >= 11 is 0. The molecule has 0 unspecified atom stereocenters. The molecule has 0 saturated carbocycles. The van der Waals surface area contributed by atoms with E-state index in [2.05, 4.69) is 0 Å². The van der Waals surface area contributed by atoms with Gasteiger partial charge >= 0.3 is 10.4 Å². The molecule has 112 valence electrons. The van der Waals surface area contributed by atoms with Crippen molar-refractivity contribution in [1.82, 2.24) is 6.15 Å². The predicted octanol–water partition coefficient (Wildman–Crippen LogP) is 1.60. The van der Waals surface area contributed by atoms with Gasteiger partial charge < -0.3 is 6.15 Å². The van der Waals surface area contributed by atoms with E-state index in [0.717, 1.165) is 5.39 Å². The molecule has 2 aromatic rings. The van der Waals surface area contributed by atoms with E-state index in [1.54, 1.807) is 30.3 Å². The maximum atomic E-state index is 11.0. The van der Waals surface area contributed by atoms with Crippen LogP contribution < -0.4 is 6.15 Å². The molecule has 0 aromatic heterocycles. The third kappa shape index (κ3) is 6.06. The molecule has 0 saturated heterocycles. The topological polar surface area (TPSA) is 164 Å². The molecular formula is C10H13NO7S2. The molecule has 20 heavy (non-hydrogen) atoms. The predicted molar refractivity (Wildman–Crippen MR) is 73.0 cm³/mol. The first kappa shape index (κ1) is 18.4. The van der Waals surface area contributed by atoms with Gasteiger partial charge in [0.25, 0.3) is 10.1 Å². The molecule has 0 heterocycles. The van der Waals surface area contributed by atoms with Gasteiger partial charge in [-0.15, -0.1) is 0 Å². The van der Waals surface area contributed by atoms with Crippen LogP contribution in [0.2, 0.25) is 0 Å². The van der Waals surface area contributed by atoms with Gasteiger partial charge in [0.05, 0.1) is 0 Å². The summed E-state index contributed by atoms with van der Waals surface area (Å²) in [6.07, 6.45) is 0. The molecule has 0 aliphatic rings. The molecule has 0 spiro atoms. The Kier molecular flexibility index (Phi) is 6.22. The molecule has 2 aromatic carbocycles. The Bertz CT molecular complexity index is 771. The van der Waals surface area contributed by atoms with Crippen molar-refractivity contribution in [2.75, 3.05) is 0 Å². The Morgan fingerprint density at radius 3 is 1.70 bits per heavy atom. The highest BCUT2D eigenvalue weighted by Crippen LogP contribution is 2.21. The smallest absolute Gasteiger partial charge is 0.344 e. The standard InChI is InChI=1S/C10H8O3S.H3N.H2O4S/c11-14(12,13)10-7-3-5-8-4-1-2-6-9(8)10;;1-5(2,3)4/h1-7H,(H,11,12,13);1H3;(H2,1,2,3,4). The van der Waals surface area contributed by atoms with E-state index < -0.39 is 20.5 Å². The molecular weight excluding hydrogens is 310 g/mol. The second kappa shape index (κ2) is 6.74. The van der Waals surface area contributed by atoms with Gasteiger partial charge in [-0.25, -0.2) is 0 Å². The molecule has 8 nitrogen and oxygen atoms in total. The number of fused-ring (bicyclic) bond motifs is 1. The van der Waals surface area contributed by atoms with E-state index in [4.69, 9.17) is 22.1 Å². The number of rotatable bonds is 1. The molecule has 0 aliphatic heterocycles. The Balaban J connectivity index is 0.000000526. The Hall–Kier alpha value is -1.56. The lowest BCUT2D eigenvalue weighted by Crippen LogP contribution is -1.98. The van der Waals surface area contributed by atoms with E-state index in [-0.39, 0.29) is 11.0 Å². The third-order valence-electron chi connectivity index (χ3n) is 2.03. The average molecular weight is 323 g/mol. The Morgan fingerprint density at radius 2 is 1.20 bits per heavy atom. The van der Waals surface area contributed by atoms with E-state index in [1.165, 1.54) is 6.07 Å². The number of benzene rings is 2. The molecule has 0 aliphatic carbocycles. The van der Waals surface area contributed by atoms with E-state index >= 15 is 0 Å². The van der Waals surface area contributed by atoms with Crippen LogP contribution in [0.4, 0.5) is 0 Å². The van der Waals surface area contributed by atoms with Crippen LogP contribution in [0.15, 0.2) is 47.4 Å². The Labute approximate surface area is 116 Å². The van der Waals surface area contributed by atoms with Gasteiger partial charge in [-0.3, -0.25) is 13.7 Å². The van der Waals surface area contributed by atoms with Crippen LogP contribution in [0.25, 0.3) is 10.8 Å². The largest absolute Gasteiger partial charge is 0.394 e. The maximum absolute atomic E-state index is 11.0. The zero-order valence-electron chi connectivity index (χ0n) is 10.0. The molecule has 2 rings (SSSR count). The van der Waals surface area contributed by atoms with Crippen LogP contribution >= 0.6 is 0 Å². The van der Waals surface area contributed by atoms with Crippen molar-refractivity contribution in [2.24, 2.45) is 0 Å². The second-order valence-electron chi connectivity index (χ2n) is 3.40. The zero-order valence-corrected chi connectivity index (χ0v) is 11.7. The normalized spacial score (nSPS) is 11.2. The summed E-state index contributed by atoms with van der Waals surface area (Å²) in [4.78, 5) is -0.0457. The van der Waals surface area contributed by atoms with Gasteiger partial charge in [-0.05, 0) is 11.5 Å². The summed E-state index contributed by atoms with van der Waals surface area (Å²) in [5.74, 6) is 0. The fourth-order valence-electron chi connectivity index (χ4n) is 1.42. The van der Waals surface area contributed by atoms with Gasteiger partial charge in [-0.1, -0.05) is 36.4 Å². The summed E-state index contributed by atoms with van der Waals surface area (Å²) in [7, 11) is -8.80. The van der Waals surface area contributed by atoms with Gasteiger partial charge in [0.1, 0.15) is 4.90 Å². The lowest BCUT2D eigenvalue weighted by atomic mass is 10.1. The first-order valence-corrected chi connectivity index (χ1v) is 7.58. The summed E-state index contributed by atoms with van der Waals surface area (Å²) in [6, 6.07) is 11.8. The minimum absolute atomic E-state index is 0. The van der Waals surface area contributed by atoms with E-state index in [1.807, 2.05) is 6.07 Å². The van der Waals surface area contributed by atoms with Crippen LogP contribution in [-0.4, -0.2) is 30.5 Å². The van der Waals surface area contributed by atoms with Crippen molar-refractivity contribution < 1.29 is 30.5 Å². The SMILES string of the molecule is N.O=S(=O)(O)O.O=S(=O)(O)c1cccc2ccccc12. The zero-order chi connectivity index (χ0) is 14.7. The highest BCUT2D eigenvalue weighted by atomic mass is 32.3. The Morgan fingerprint density at radius 1 is 0.750 bits per heavy atom. The molecule has 0 amide bonds. The van der Waals surface area contributed by atoms with Crippen molar-refractivity contribution in [3.63, 3.8) is 0 Å². The molecule has 0 radical (unpaired) electrons. The van der Waals surface area contributed by atoms with Crippen LogP contribution in [0.5, 0.6) is 0 Å². The molecule has 10 heteroatoms. The number of hydrogen-bond donors (Lipinski definition) is 4. The summed E-state index contributed by atoms with van der Waals surface area (Å²) < 4.78 is 62.5. The first-order valence-electron chi connectivity index (χ1n) is 4.74. The van der Waals surface area contributed by atoms with Crippen molar-refractivity contribution >= 4 is 31.3 Å². The van der Waals surface area contributed by atoms with Gasteiger partial charge in [-0.2, -0.15) is 16.8 Å². The molecule has 6 N–H and O–H groups in total. The van der Waals surface area contributed by atoms with Crippen molar-refractivity contribution in [3.05, 3.63) is 42.5 Å². The molecule has 0 fully saturated rings. The van der Waals surface area contributed by atoms with Crippen LogP contribution in [-0.2, 0) is 20.5 Å². The minimum Gasteiger partial charge on any atom is -0.344 e. The van der Waals surface area contributed by atoms with Gasteiger partial charge in [0, 0.05) is 5.39 Å². The fourth-order valence-corrected chi connectivity index (χ4v) is 2.13. The lowest BCUT2D eigenvalue weighted by molar-refractivity contribution is 0.381. The van der Waals surface area contributed by atoms with Crippen LogP contribution in [0, 0.1) is 0 Å². The van der Waals surface area contributed by atoms with Crippen molar-refractivity contribution in [3.8, 4) is 0 Å². The van der Waals surface area contributed by atoms with Crippen LogP contribution in [0.1, 0.15) is 0 Å². The molecule has 0 atom stereocenters. The quantitative estimate of drug-likeness (QED) is 0.574.